The van der Waals surface area contributed by atoms with E-state index in [2.05, 4.69) is 4.90 Å². The van der Waals surface area contributed by atoms with Gasteiger partial charge < -0.3 is 19.3 Å². The van der Waals surface area contributed by atoms with Gasteiger partial charge in [-0.05, 0) is 43.3 Å². The van der Waals surface area contributed by atoms with Gasteiger partial charge in [0.15, 0.2) is 5.78 Å². The van der Waals surface area contributed by atoms with E-state index in [1.165, 1.54) is 0 Å². The Bertz CT molecular complexity index is 856. The van der Waals surface area contributed by atoms with Crippen LogP contribution >= 0.6 is 0 Å². The molecular formula is C23H28N2O4. The summed E-state index contributed by atoms with van der Waals surface area (Å²) in [6, 6.07) is 13.5. The van der Waals surface area contributed by atoms with E-state index in [-0.39, 0.29) is 24.5 Å². The van der Waals surface area contributed by atoms with Crippen molar-refractivity contribution in [2.24, 2.45) is 0 Å². The van der Waals surface area contributed by atoms with Crippen molar-refractivity contribution in [3.63, 3.8) is 0 Å². The molecule has 3 rings (SSSR count). The van der Waals surface area contributed by atoms with Gasteiger partial charge in [0.2, 0.25) is 5.91 Å². The molecule has 2 aromatic carbocycles. The number of Topliss-reactive ketones (excluding diaryl/α,β-unsaturated/α-hetero) is 1. The van der Waals surface area contributed by atoms with Gasteiger partial charge in [0.25, 0.3) is 0 Å². The van der Waals surface area contributed by atoms with E-state index in [1.807, 2.05) is 48.2 Å². The van der Waals surface area contributed by atoms with Crippen LogP contribution in [0.1, 0.15) is 28.8 Å². The molecule has 1 aliphatic rings. The smallest absolute Gasteiger partial charge is 0.223 e. The summed E-state index contributed by atoms with van der Waals surface area (Å²) in [6.45, 7) is 4.80. The summed E-state index contributed by atoms with van der Waals surface area (Å²) in [5.74, 6) is 1.36. The van der Waals surface area contributed by atoms with E-state index < -0.39 is 0 Å². The average molecular weight is 396 g/mol. The number of carbonyl (C=O) groups excluding carboxylic acids is 2. The van der Waals surface area contributed by atoms with Crippen molar-refractivity contribution in [2.75, 3.05) is 45.3 Å². The predicted molar refractivity (Wildman–Crippen MR) is 113 cm³/mol. The lowest BCUT2D eigenvalue weighted by molar-refractivity contribution is -0.131. The molecule has 1 amide bonds. The van der Waals surface area contributed by atoms with E-state index in [0.717, 1.165) is 30.1 Å². The largest absolute Gasteiger partial charge is 0.497 e. The monoisotopic (exact) mass is 396 g/mol. The average Bonchev–Trinajstić information content (AvgIpc) is 2.77. The van der Waals surface area contributed by atoms with Gasteiger partial charge in [0, 0.05) is 44.7 Å². The minimum Gasteiger partial charge on any atom is -0.497 e. The lowest BCUT2D eigenvalue weighted by atomic mass is 10.0. The van der Waals surface area contributed by atoms with E-state index in [1.54, 1.807) is 20.3 Å². The highest BCUT2D eigenvalue weighted by molar-refractivity contribution is 6.00. The second-order valence-electron chi connectivity index (χ2n) is 7.19. The molecule has 6 nitrogen and oxygen atoms in total. The first kappa shape index (κ1) is 20.7. The number of ether oxygens (including phenoxy) is 2. The van der Waals surface area contributed by atoms with Crippen molar-refractivity contribution in [3.05, 3.63) is 53.6 Å². The van der Waals surface area contributed by atoms with E-state index >= 15 is 0 Å². The van der Waals surface area contributed by atoms with Gasteiger partial charge in [-0.2, -0.15) is 0 Å². The van der Waals surface area contributed by atoms with Crippen LogP contribution in [0.5, 0.6) is 11.5 Å². The molecule has 0 N–H and O–H groups in total. The minimum absolute atomic E-state index is 0.0272. The fourth-order valence-electron chi connectivity index (χ4n) is 3.56. The van der Waals surface area contributed by atoms with Gasteiger partial charge >= 0.3 is 0 Å². The standard InChI is InChI=1S/C23H28N2O4/c1-17-4-10-22(29-3)20(16-17)21(26)9-11-23(27)25-14-12-24(13-15-25)18-5-7-19(28-2)8-6-18/h4-8,10,16H,9,11-15H2,1-3H3. The summed E-state index contributed by atoms with van der Waals surface area (Å²) in [4.78, 5) is 29.3. The lowest BCUT2D eigenvalue weighted by Gasteiger charge is -2.36. The number of carbonyl (C=O) groups is 2. The maximum Gasteiger partial charge on any atom is 0.223 e. The first-order chi connectivity index (χ1) is 14.0. The number of rotatable bonds is 7. The molecule has 0 aliphatic carbocycles. The number of amides is 1. The van der Waals surface area contributed by atoms with Crippen LogP contribution < -0.4 is 14.4 Å². The molecule has 0 radical (unpaired) electrons. The molecule has 0 atom stereocenters. The number of aryl methyl sites for hydroxylation is 1. The Balaban J connectivity index is 1.51. The minimum atomic E-state index is -0.0595. The molecular weight excluding hydrogens is 368 g/mol. The van der Waals surface area contributed by atoms with Crippen LogP contribution in [0, 0.1) is 6.92 Å². The zero-order chi connectivity index (χ0) is 20.8. The van der Waals surface area contributed by atoms with Crippen molar-refractivity contribution >= 4 is 17.4 Å². The Morgan fingerprint density at radius 2 is 1.59 bits per heavy atom. The normalized spacial score (nSPS) is 13.9. The molecule has 1 saturated heterocycles. The fraction of sp³-hybridized carbons (Fsp3) is 0.391. The highest BCUT2D eigenvalue weighted by Gasteiger charge is 2.22. The quantitative estimate of drug-likeness (QED) is 0.672. The zero-order valence-electron chi connectivity index (χ0n) is 17.3. The fourth-order valence-corrected chi connectivity index (χ4v) is 3.56. The maximum absolute atomic E-state index is 12.6. The summed E-state index contributed by atoms with van der Waals surface area (Å²) in [5, 5.41) is 0. The summed E-state index contributed by atoms with van der Waals surface area (Å²) in [6.07, 6.45) is 0.413. The van der Waals surface area contributed by atoms with Crippen LogP contribution in [0.25, 0.3) is 0 Å². The maximum atomic E-state index is 12.6. The number of hydrogen-bond donors (Lipinski definition) is 0. The van der Waals surface area contributed by atoms with Crippen LogP contribution in [-0.4, -0.2) is 57.0 Å². The molecule has 0 aromatic heterocycles. The summed E-state index contributed by atoms with van der Waals surface area (Å²) in [7, 11) is 3.20. The van der Waals surface area contributed by atoms with Crippen LogP contribution in [0.2, 0.25) is 0 Å². The van der Waals surface area contributed by atoms with Gasteiger partial charge in [-0.1, -0.05) is 11.6 Å². The number of methoxy groups -OCH3 is 2. The highest BCUT2D eigenvalue weighted by Crippen LogP contribution is 2.23. The van der Waals surface area contributed by atoms with Crippen molar-refractivity contribution in [3.8, 4) is 11.5 Å². The third-order valence-electron chi connectivity index (χ3n) is 5.29. The van der Waals surface area contributed by atoms with Gasteiger partial charge in [-0.3, -0.25) is 9.59 Å². The van der Waals surface area contributed by atoms with Crippen molar-refractivity contribution in [1.82, 2.24) is 4.90 Å². The Morgan fingerprint density at radius 3 is 2.21 bits per heavy atom. The lowest BCUT2D eigenvalue weighted by Crippen LogP contribution is -2.48. The summed E-state index contributed by atoms with van der Waals surface area (Å²) in [5.41, 5.74) is 2.67. The van der Waals surface area contributed by atoms with Gasteiger partial charge in [-0.15, -0.1) is 0 Å². The molecule has 1 aliphatic heterocycles. The Morgan fingerprint density at radius 1 is 0.897 bits per heavy atom. The first-order valence-electron chi connectivity index (χ1n) is 9.86. The van der Waals surface area contributed by atoms with Crippen molar-refractivity contribution < 1.29 is 19.1 Å². The topological polar surface area (TPSA) is 59.1 Å². The van der Waals surface area contributed by atoms with Gasteiger partial charge in [0.1, 0.15) is 11.5 Å². The first-order valence-corrected chi connectivity index (χ1v) is 9.86. The van der Waals surface area contributed by atoms with Crippen LogP contribution in [0.3, 0.4) is 0 Å². The summed E-state index contributed by atoms with van der Waals surface area (Å²) < 4.78 is 10.5. The number of piperazine rings is 1. The van der Waals surface area contributed by atoms with E-state index in [9.17, 15) is 9.59 Å². The SMILES string of the molecule is COc1ccc(N2CCN(C(=O)CCC(=O)c3cc(C)ccc3OC)CC2)cc1. The molecule has 6 heteroatoms. The van der Waals surface area contributed by atoms with Crippen molar-refractivity contribution in [1.29, 1.82) is 0 Å². The van der Waals surface area contributed by atoms with E-state index in [4.69, 9.17) is 9.47 Å². The number of hydrogen-bond acceptors (Lipinski definition) is 5. The van der Waals surface area contributed by atoms with Crippen LogP contribution in [0.15, 0.2) is 42.5 Å². The molecule has 0 saturated carbocycles. The van der Waals surface area contributed by atoms with Crippen LogP contribution in [0.4, 0.5) is 5.69 Å². The number of ketones is 1. The summed E-state index contributed by atoms with van der Waals surface area (Å²) >= 11 is 0. The van der Waals surface area contributed by atoms with Crippen LogP contribution in [-0.2, 0) is 4.79 Å². The third-order valence-corrected chi connectivity index (χ3v) is 5.29. The molecule has 1 heterocycles. The van der Waals surface area contributed by atoms with Gasteiger partial charge in [0.05, 0.1) is 19.8 Å². The molecule has 0 unspecified atom stereocenters. The van der Waals surface area contributed by atoms with E-state index in [0.29, 0.717) is 24.4 Å². The Kier molecular flexibility index (Phi) is 6.75. The Hall–Kier alpha value is -3.02. The second-order valence-corrected chi connectivity index (χ2v) is 7.19. The number of anilines is 1. The number of benzene rings is 2. The molecule has 2 aromatic rings. The van der Waals surface area contributed by atoms with Crippen molar-refractivity contribution in [2.45, 2.75) is 19.8 Å². The molecule has 29 heavy (non-hydrogen) atoms. The third kappa shape index (κ3) is 5.08. The molecule has 0 spiro atoms. The Labute approximate surface area is 172 Å². The molecule has 154 valence electrons. The highest BCUT2D eigenvalue weighted by atomic mass is 16.5. The molecule has 0 bridgehead atoms. The number of nitrogens with zero attached hydrogens (tertiary/aromatic N) is 2. The van der Waals surface area contributed by atoms with Gasteiger partial charge in [-0.25, -0.2) is 0 Å². The molecule has 1 fully saturated rings. The predicted octanol–water partition coefficient (Wildman–Crippen LogP) is 3.32. The second kappa shape index (κ2) is 9.45. The zero-order valence-corrected chi connectivity index (χ0v) is 17.3.